The van der Waals surface area contributed by atoms with Crippen LogP contribution in [0.4, 0.5) is 30.6 Å². The Labute approximate surface area is 248 Å². The van der Waals surface area contributed by atoms with Crippen LogP contribution in [0.2, 0.25) is 0 Å². The number of amidine groups is 1. The summed E-state index contributed by atoms with van der Waals surface area (Å²) in [7, 11) is 1.72. The van der Waals surface area contributed by atoms with E-state index in [1.807, 2.05) is 34.6 Å². The summed E-state index contributed by atoms with van der Waals surface area (Å²) in [6, 6.07) is 9.23. The molecule has 11 heteroatoms. The third kappa shape index (κ3) is 6.06. The van der Waals surface area contributed by atoms with Crippen LogP contribution in [0.5, 0.6) is 0 Å². The number of aryl methyl sites for hydroxylation is 1. The van der Waals surface area contributed by atoms with Gasteiger partial charge in [-0.2, -0.15) is 5.10 Å². The molecular formula is C32H35F2N7O2. The highest BCUT2D eigenvalue weighted by atomic mass is 19.1. The summed E-state index contributed by atoms with van der Waals surface area (Å²) in [6.07, 6.45) is 4.84. The summed E-state index contributed by atoms with van der Waals surface area (Å²) in [5.74, 6) is -0.313. The number of aliphatic imine (C=N–C) groups is 1. The molecule has 2 aromatic carbocycles. The van der Waals surface area contributed by atoms with Crippen molar-refractivity contribution in [2.75, 3.05) is 23.0 Å². The van der Waals surface area contributed by atoms with Crippen LogP contribution in [0.3, 0.4) is 0 Å². The molecule has 3 heterocycles. The lowest BCUT2D eigenvalue weighted by molar-refractivity contribution is 0.262. The fraction of sp³-hybridized carbons (Fsp3) is 0.312. The van der Waals surface area contributed by atoms with Gasteiger partial charge >= 0.3 is 6.03 Å². The van der Waals surface area contributed by atoms with Gasteiger partial charge in [0.2, 0.25) is 0 Å². The molecule has 9 nitrogen and oxygen atoms in total. The molecule has 2 aromatic heterocycles. The van der Waals surface area contributed by atoms with Gasteiger partial charge in [0.05, 0.1) is 28.3 Å². The number of anilines is 3. The maximum Gasteiger partial charge on any atom is 0.323 e. The molecule has 0 aliphatic carbocycles. The Bertz CT molecular complexity index is 1780. The first-order valence-corrected chi connectivity index (χ1v) is 14.1. The van der Waals surface area contributed by atoms with Gasteiger partial charge in [0.25, 0.3) is 5.56 Å². The fourth-order valence-corrected chi connectivity index (χ4v) is 5.05. The van der Waals surface area contributed by atoms with E-state index in [4.69, 9.17) is 0 Å². The average Bonchev–Trinajstić information content (AvgIpc) is 3.38. The normalized spacial score (nSPS) is 14.0. The first-order valence-electron chi connectivity index (χ1n) is 14.1. The third-order valence-electron chi connectivity index (χ3n) is 7.32. The number of nitrogens with one attached hydrogen (secondary N) is 3. The number of hydrogen-bond donors (Lipinski definition) is 3. The Morgan fingerprint density at radius 3 is 2.37 bits per heavy atom. The van der Waals surface area contributed by atoms with E-state index in [2.05, 4.69) is 26.0 Å². The second-order valence-electron chi connectivity index (χ2n) is 11.8. The van der Waals surface area contributed by atoms with Gasteiger partial charge in [-0.3, -0.25) is 19.0 Å². The van der Waals surface area contributed by atoms with Gasteiger partial charge in [-0.25, -0.2) is 13.6 Å². The molecule has 4 aromatic rings. The van der Waals surface area contributed by atoms with Crippen LogP contribution in [-0.4, -0.2) is 33.3 Å². The molecule has 0 atom stereocenters. The number of nitrogens with zero attached hydrogens (tertiary/aromatic N) is 4. The Morgan fingerprint density at radius 2 is 1.72 bits per heavy atom. The minimum atomic E-state index is -0.705. The summed E-state index contributed by atoms with van der Waals surface area (Å²) < 4.78 is 31.7. The lowest BCUT2D eigenvalue weighted by Crippen LogP contribution is -2.30. The van der Waals surface area contributed by atoms with E-state index in [9.17, 15) is 18.4 Å². The zero-order valence-electron chi connectivity index (χ0n) is 25.0. The van der Waals surface area contributed by atoms with Crippen molar-refractivity contribution in [1.29, 1.82) is 0 Å². The number of rotatable bonds is 5. The molecule has 3 N–H and O–H groups in total. The Kier molecular flexibility index (Phi) is 7.92. The smallest absolute Gasteiger partial charge is 0.323 e. The molecule has 0 spiro atoms. The molecule has 1 aliphatic heterocycles. The minimum absolute atomic E-state index is 0.0782. The number of aromatic nitrogens is 3. The van der Waals surface area contributed by atoms with E-state index in [-0.39, 0.29) is 17.2 Å². The molecule has 224 valence electrons. The SMILES string of the molecule is CN=C1CCc2cn(-c3ccc(F)c(NC(=O)Nc4cn(C(C)(C)C)nc4-c4ccc(F)cc4)c3)c(=O)c(C(C)C)c2N1. The number of carbonyl (C=O) groups is 1. The summed E-state index contributed by atoms with van der Waals surface area (Å²) >= 11 is 0. The number of pyridine rings is 1. The van der Waals surface area contributed by atoms with E-state index in [1.165, 1.54) is 34.9 Å². The van der Waals surface area contributed by atoms with Crippen molar-refractivity contribution in [3.63, 3.8) is 0 Å². The lowest BCUT2D eigenvalue weighted by Gasteiger charge is -2.25. The van der Waals surface area contributed by atoms with Crippen molar-refractivity contribution < 1.29 is 13.6 Å². The Hall–Kier alpha value is -4.80. The molecule has 0 fully saturated rings. The van der Waals surface area contributed by atoms with Crippen molar-refractivity contribution in [3.8, 4) is 16.9 Å². The highest BCUT2D eigenvalue weighted by Crippen LogP contribution is 2.32. The monoisotopic (exact) mass is 587 g/mol. The molecule has 5 rings (SSSR count). The van der Waals surface area contributed by atoms with E-state index >= 15 is 0 Å². The number of urea groups is 1. The van der Waals surface area contributed by atoms with E-state index in [0.717, 1.165) is 17.1 Å². The van der Waals surface area contributed by atoms with E-state index in [1.54, 1.807) is 36.3 Å². The number of fused-ring (bicyclic) bond motifs is 1. The van der Waals surface area contributed by atoms with Gasteiger partial charge in [0.15, 0.2) is 0 Å². The third-order valence-corrected chi connectivity index (χ3v) is 7.32. The van der Waals surface area contributed by atoms with Crippen LogP contribution in [-0.2, 0) is 12.0 Å². The topological polar surface area (TPSA) is 105 Å². The molecule has 0 saturated heterocycles. The highest BCUT2D eigenvalue weighted by molar-refractivity contribution is 6.02. The predicted molar refractivity (Wildman–Crippen MR) is 167 cm³/mol. The quantitative estimate of drug-likeness (QED) is 0.237. The number of halogens is 2. The Balaban J connectivity index is 1.47. The van der Waals surface area contributed by atoms with Gasteiger partial charge in [-0.05, 0) is 81.1 Å². The molecule has 43 heavy (non-hydrogen) atoms. The lowest BCUT2D eigenvalue weighted by atomic mass is 9.95. The van der Waals surface area contributed by atoms with Crippen LogP contribution in [0.1, 0.15) is 58.1 Å². The molecule has 2 amide bonds. The first kappa shape index (κ1) is 29.7. The first-order chi connectivity index (χ1) is 20.3. The summed E-state index contributed by atoms with van der Waals surface area (Å²) in [5.41, 5.74) is 3.42. The maximum atomic E-state index is 15.0. The Morgan fingerprint density at radius 1 is 1.02 bits per heavy atom. The molecule has 0 unspecified atom stereocenters. The number of carbonyl (C=O) groups excluding carboxylic acids is 1. The highest BCUT2D eigenvalue weighted by Gasteiger charge is 2.24. The average molecular weight is 588 g/mol. The molecule has 0 saturated carbocycles. The van der Waals surface area contributed by atoms with Crippen molar-refractivity contribution in [3.05, 3.63) is 88.0 Å². The number of benzene rings is 2. The molecular weight excluding hydrogens is 552 g/mol. The summed E-state index contributed by atoms with van der Waals surface area (Å²) in [5, 5.41) is 13.2. The van der Waals surface area contributed by atoms with Gasteiger partial charge in [0.1, 0.15) is 23.2 Å². The maximum absolute atomic E-state index is 15.0. The zero-order valence-corrected chi connectivity index (χ0v) is 25.0. The van der Waals surface area contributed by atoms with Crippen LogP contribution < -0.4 is 21.5 Å². The van der Waals surface area contributed by atoms with Crippen molar-refractivity contribution >= 4 is 28.9 Å². The number of amides is 2. The van der Waals surface area contributed by atoms with Crippen LogP contribution in [0.25, 0.3) is 16.9 Å². The molecule has 0 bridgehead atoms. The predicted octanol–water partition coefficient (Wildman–Crippen LogP) is 6.89. The summed E-state index contributed by atoms with van der Waals surface area (Å²) in [4.78, 5) is 31.1. The van der Waals surface area contributed by atoms with Crippen molar-refractivity contribution in [1.82, 2.24) is 14.3 Å². The number of hydrogen-bond acceptors (Lipinski definition) is 4. The fourth-order valence-electron chi connectivity index (χ4n) is 5.05. The zero-order chi connectivity index (χ0) is 31.1. The van der Waals surface area contributed by atoms with E-state index in [0.29, 0.717) is 41.0 Å². The second kappa shape index (κ2) is 11.5. The molecule has 0 radical (unpaired) electrons. The molecule has 1 aliphatic rings. The summed E-state index contributed by atoms with van der Waals surface area (Å²) in [6.45, 7) is 9.77. The van der Waals surface area contributed by atoms with Gasteiger partial charge in [-0.1, -0.05) is 13.8 Å². The van der Waals surface area contributed by atoms with Crippen LogP contribution in [0.15, 0.2) is 64.6 Å². The standard InChI is InChI=1S/C32H35F2N7O2/c1-18(2)27-29-20(9-14-26(35-6)38-29)16-40(30(27)42)22-12-13-23(34)24(15-22)36-31(43)37-25-17-41(32(3,4)5)39-28(25)19-7-10-21(33)11-8-19/h7-8,10-13,15-18H,9,14H2,1-6H3,(H,35,38)(H2,36,37,43). The van der Waals surface area contributed by atoms with Crippen LogP contribution >= 0.6 is 0 Å². The van der Waals surface area contributed by atoms with Gasteiger partial charge in [0, 0.05) is 37.0 Å². The minimum Gasteiger partial charge on any atom is -0.343 e. The van der Waals surface area contributed by atoms with Crippen LogP contribution in [0, 0.1) is 11.6 Å². The van der Waals surface area contributed by atoms with Crippen molar-refractivity contribution in [2.45, 2.75) is 58.9 Å². The largest absolute Gasteiger partial charge is 0.343 e. The van der Waals surface area contributed by atoms with Crippen molar-refractivity contribution in [2.24, 2.45) is 4.99 Å². The second-order valence-corrected chi connectivity index (χ2v) is 11.8. The van der Waals surface area contributed by atoms with E-state index < -0.39 is 23.2 Å². The van der Waals surface area contributed by atoms with Gasteiger partial charge < -0.3 is 16.0 Å². The van der Waals surface area contributed by atoms with Gasteiger partial charge in [-0.15, -0.1) is 0 Å².